The highest BCUT2D eigenvalue weighted by Crippen LogP contribution is 2.27. The molecule has 0 radical (unpaired) electrons. The first kappa shape index (κ1) is 23.4. The van der Waals surface area contributed by atoms with Crippen LogP contribution in [0.15, 0.2) is 41.1 Å². The molecule has 9 nitrogen and oxygen atoms in total. The Morgan fingerprint density at radius 2 is 1.97 bits per heavy atom. The number of aryl methyl sites for hydroxylation is 1. The van der Waals surface area contributed by atoms with Gasteiger partial charge in [0, 0.05) is 36.6 Å². The monoisotopic (exact) mass is 464 g/mol. The van der Waals surface area contributed by atoms with Gasteiger partial charge in [-0.05, 0) is 52.0 Å². The molecule has 0 atom stereocenters. The maximum Gasteiger partial charge on any atom is 0.339 e. The number of Topliss-reactive ketones (excluding diaryl/α,β-unsaturated/α-hetero) is 1. The number of carbonyl (C=O) groups excluding carboxylic acids is 2. The average Bonchev–Trinajstić information content (AvgIpc) is 3.55. The highest BCUT2D eigenvalue weighted by molar-refractivity contribution is 6.05. The Balaban J connectivity index is 1.60. The number of rotatable bonds is 9. The van der Waals surface area contributed by atoms with Crippen LogP contribution in [0.5, 0.6) is 0 Å². The molecule has 4 aromatic heterocycles. The summed E-state index contributed by atoms with van der Waals surface area (Å²) < 4.78 is 19.8. The summed E-state index contributed by atoms with van der Waals surface area (Å²) in [6.07, 6.45) is 3.14. The summed E-state index contributed by atoms with van der Waals surface area (Å²) in [5.74, 6) is -0.364. The second-order valence-corrected chi connectivity index (χ2v) is 8.38. The van der Waals surface area contributed by atoms with E-state index < -0.39 is 5.97 Å². The van der Waals surface area contributed by atoms with E-state index in [2.05, 4.69) is 10.1 Å². The van der Waals surface area contributed by atoms with Gasteiger partial charge in [0.2, 0.25) is 5.78 Å². The van der Waals surface area contributed by atoms with Crippen molar-refractivity contribution in [2.75, 3.05) is 20.3 Å². The van der Waals surface area contributed by atoms with Gasteiger partial charge in [0.05, 0.1) is 30.0 Å². The minimum atomic E-state index is -0.620. The van der Waals surface area contributed by atoms with Crippen molar-refractivity contribution in [3.8, 4) is 11.5 Å². The Kier molecular flexibility index (Phi) is 6.65. The number of furan rings is 1. The van der Waals surface area contributed by atoms with Crippen molar-refractivity contribution in [2.24, 2.45) is 0 Å². The fraction of sp³-hybridized carbons (Fsp3) is 0.360. The zero-order chi connectivity index (χ0) is 24.4. The highest BCUT2D eigenvalue weighted by Gasteiger charge is 2.22. The second kappa shape index (κ2) is 9.64. The van der Waals surface area contributed by atoms with E-state index in [1.54, 1.807) is 42.5 Å². The number of hydrogen-bond acceptors (Lipinski definition) is 7. The van der Waals surface area contributed by atoms with Crippen LogP contribution in [0.25, 0.3) is 22.5 Å². The molecular weight excluding hydrogens is 436 g/mol. The molecule has 0 spiro atoms. The molecule has 0 saturated heterocycles. The van der Waals surface area contributed by atoms with E-state index in [-0.39, 0.29) is 24.0 Å². The molecular formula is C25H28N4O5. The first-order valence-corrected chi connectivity index (χ1v) is 11.1. The quantitative estimate of drug-likeness (QED) is 0.268. The van der Waals surface area contributed by atoms with Crippen LogP contribution in [-0.2, 0) is 16.0 Å². The van der Waals surface area contributed by atoms with Gasteiger partial charge in [-0.2, -0.15) is 5.10 Å². The smallest absolute Gasteiger partial charge is 0.339 e. The fourth-order valence-corrected chi connectivity index (χ4v) is 4.01. The third-order valence-corrected chi connectivity index (χ3v) is 5.78. The Labute approximate surface area is 197 Å². The van der Waals surface area contributed by atoms with Crippen molar-refractivity contribution in [3.63, 3.8) is 0 Å². The first-order chi connectivity index (χ1) is 16.3. The lowest BCUT2D eigenvalue weighted by atomic mass is 10.1. The molecule has 4 rings (SSSR count). The molecule has 0 N–H and O–H groups in total. The van der Waals surface area contributed by atoms with Crippen molar-refractivity contribution >= 4 is 22.8 Å². The van der Waals surface area contributed by atoms with Crippen LogP contribution in [0, 0.1) is 13.8 Å². The standard InChI is InChI=1S/C25H28N4O5/c1-15(2)29-24-20(13-26-29)19(12-21(27-24)23-7-6-9-33-23)25(31)34-14-22(30)18-11-16(3)28(17(18)4)8-10-32-5/h6-7,9,11-13,15H,8,10,14H2,1-5H3. The molecule has 4 heterocycles. The Morgan fingerprint density at radius 3 is 2.65 bits per heavy atom. The average molecular weight is 465 g/mol. The van der Waals surface area contributed by atoms with E-state index in [9.17, 15) is 9.59 Å². The number of aromatic nitrogens is 4. The molecule has 0 aromatic carbocycles. The number of ether oxygens (including phenoxy) is 2. The zero-order valence-corrected chi connectivity index (χ0v) is 20.0. The molecule has 0 aliphatic rings. The lowest BCUT2D eigenvalue weighted by Gasteiger charge is -2.10. The molecule has 0 aliphatic carbocycles. The summed E-state index contributed by atoms with van der Waals surface area (Å²) in [7, 11) is 1.64. The Hall–Kier alpha value is -3.72. The van der Waals surface area contributed by atoms with Crippen molar-refractivity contribution in [1.29, 1.82) is 0 Å². The molecule has 9 heteroatoms. The van der Waals surface area contributed by atoms with Gasteiger partial charge in [-0.1, -0.05) is 0 Å². The number of hydrogen-bond donors (Lipinski definition) is 0. The minimum Gasteiger partial charge on any atom is -0.463 e. The van der Waals surface area contributed by atoms with Crippen LogP contribution in [0.3, 0.4) is 0 Å². The predicted molar refractivity (Wildman–Crippen MR) is 126 cm³/mol. The number of nitrogens with zero attached hydrogens (tertiary/aromatic N) is 4. The summed E-state index contributed by atoms with van der Waals surface area (Å²) in [4.78, 5) is 30.6. The molecule has 0 saturated carbocycles. The van der Waals surface area contributed by atoms with Gasteiger partial charge in [0.25, 0.3) is 0 Å². The predicted octanol–water partition coefficient (Wildman–Crippen LogP) is 4.38. The topological polar surface area (TPSA) is 101 Å². The molecule has 34 heavy (non-hydrogen) atoms. The highest BCUT2D eigenvalue weighted by atomic mass is 16.5. The molecule has 4 aromatic rings. The van der Waals surface area contributed by atoms with Crippen LogP contribution >= 0.6 is 0 Å². The summed E-state index contributed by atoms with van der Waals surface area (Å²) in [5.41, 5.74) is 3.61. The summed E-state index contributed by atoms with van der Waals surface area (Å²) >= 11 is 0. The van der Waals surface area contributed by atoms with E-state index in [0.29, 0.717) is 41.2 Å². The van der Waals surface area contributed by atoms with E-state index in [0.717, 1.165) is 11.4 Å². The van der Waals surface area contributed by atoms with Crippen molar-refractivity contribution < 1.29 is 23.5 Å². The first-order valence-electron chi connectivity index (χ1n) is 11.1. The number of carbonyl (C=O) groups is 2. The van der Waals surface area contributed by atoms with E-state index >= 15 is 0 Å². The molecule has 0 fully saturated rings. The second-order valence-electron chi connectivity index (χ2n) is 8.38. The number of methoxy groups -OCH3 is 1. The van der Waals surface area contributed by atoms with Crippen molar-refractivity contribution in [1.82, 2.24) is 19.3 Å². The van der Waals surface area contributed by atoms with Crippen molar-refractivity contribution in [3.05, 3.63) is 59.2 Å². The number of esters is 1. The van der Waals surface area contributed by atoms with E-state index in [4.69, 9.17) is 13.9 Å². The summed E-state index contributed by atoms with van der Waals surface area (Å²) in [6.45, 7) is 8.58. The van der Waals surface area contributed by atoms with Crippen molar-refractivity contribution in [2.45, 2.75) is 40.3 Å². The normalized spacial score (nSPS) is 11.5. The van der Waals surface area contributed by atoms with E-state index in [1.807, 2.05) is 38.3 Å². The Bertz CT molecular complexity index is 1330. The van der Waals surface area contributed by atoms with Gasteiger partial charge in [0.15, 0.2) is 18.0 Å². The van der Waals surface area contributed by atoms with Gasteiger partial charge >= 0.3 is 5.97 Å². The van der Waals surface area contributed by atoms with E-state index in [1.165, 1.54) is 0 Å². The van der Waals surface area contributed by atoms with Crippen LogP contribution in [0.4, 0.5) is 0 Å². The molecule has 178 valence electrons. The maximum atomic E-state index is 13.1. The zero-order valence-electron chi connectivity index (χ0n) is 20.0. The van der Waals surface area contributed by atoms with Gasteiger partial charge in [-0.25, -0.2) is 14.5 Å². The van der Waals surface area contributed by atoms with Gasteiger partial charge in [0.1, 0.15) is 5.69 Å². The van der Waals surface area contributed by atoms with Crippen LogP contribution in [-0.4, -0.2) is 51.4 Å². The Morgan fingerprint density at radius 1 is 1.18 bits per heavy atom. The van der Waals surface area contributed by atoms with Crippen LogP contribution < -0.4 is 0 Å². The van der Waals surface area contributed by atoms with Gasteiger partial charge < -0.3 is 18.5 Å². The number of ketones is 1. The minimum absolute atomic E-state index is 0.0376. The molecule has 0 unspecified atom stereocenters. The third-order valence-electron chi connectivity index (χ3n) is 5.78. The summed E-state index contributed by atoms with van der Waals surface area (Å²) in [6, 6.07) is 6.98. The lowest BCUT2D eigenvalue weighted by Crippen LogP contribution is -2.16. The fourth-order valence-electron chi connectivity index (χ4n) is 4.01. The van der Waals surface area contributed by atoms with Gasteiger partial charge in [-0.15, -0.1) is 0 Å². The van der Waals surface area contributed by atoms with Gasteiger partial charge in [-0.3, -0.25) is 4.79 Å². The number of fused-ring (bicyclic) bond motifs is 1. The third kappa shape index (κ3) is 4.38. The molecule has 0 aliphatic heterocycles. The van der Waals surface area contributed by atoms with Crippen LogP contribution in [0.1, 0.15) is 52.0 Å². The largest absolute Gasteiger partial charge is 0.463 e. The van der Waals surface area contributed by atoms with Crippen LogP contribution in [0.2, 0.25) is 0 Å². The lowest BCUT2D eigenvalue weighted by molar-refractivity contribution is 0.0476. The number of pyridine rings is 1. The summed E-state index contributed by atoms with van der Waals surface area (Å²) in [5, 5.41) is 4.94. The SMILES string of the molecule is COCCn1c(C)cc(C(=O)COC(=O)c2cc(-c3ccco3)nc3c2cnn3C(C)C)c1C. The molecule has 0 amide bonds. The molecule has 0 bridgehead atoms. The maximum absolute atomic E-state index is 13.1.